The summed E-state index contributed by atoms with van der Waals surface area (Å²) >= 11 is 0. The van der Waals surface area contributed by atoms with Gasteiger partial charge in [-0.05, 0) is 49.6 Å². The predicted molar refractivity (Wildman–Crippen MR) is 119 cm³/mol. The number of amides is 1. The van der Waals surface area contributed by atoms with E-state index >= 15 is 0 Å². The number of hydrogen-bond acceptors (Lipinski definition) is 3. The van der Waals surface area contributed by atoms with Crippen molar-refractivity contribution in [1.82, 2.24) is 4.31 Å². The first-order chi connectivity index (χ1) is 14.4. The molecule has 6 nitrogen and oxygen atoms in total. The van der Waals surface area contributed by atoms with Crippen molar-refractivity contribution in [3.8, 4) is 0 Å². The number of carbonyl (C=O) groups excluding carboxylic acids is 1. The molecule has 7 heteroatoms. The Morgan fingerprint density at radius 1 is 1.00 bits per heavy atom. The third-order valence-corrected chi connectivity index (χ3v) is 7.47. The molecule has 162 valence electrons. The van der Waals surface area contributed by atoms with E-state index in [9.17, 15) is 13.2 Å². The maximum absolute atomic E-state index is 12.9. The maximum Gasteiger partial charge on any atom is 0.279 e. The second-order valence-electron chi connectivity index (χ2n) is 8.13. The molecular formula is C23H32N3O3S+. The predicted octanol–water partition coefficient (Wildman–Crippen LogP) is 2.21. The number of nitrogens with one attached hydrogen (secondary N) is 2. The summed E-state index contributed by atoms with van der Waals surface area (Å²) in [5.41, 5.74) is 3.06. The number of rotatable bonds is 7. The van der Waals surface area contributed by atoms with Crippen molar-refractivity contribution in [3.05, 3.63) is 59.7 Å². The molecule has 2 aromatic rings. The average molecular weight is 431 g/mol. The van der Waals surface area contributed by atoms with Crippen LogP contribution in [0.15, 0.2) is 53.4 Å². The van der Waals surface area contributed by atoms with E-state index in [1.54, 1.807) is 28.6 Å². The van der Waals surface area contributed by atoms with Gasteiger partial charge in [0, 0.05) is 24.3 Å². The lowest BCUT2D eigenvalue weighted by atomic mass is 10.1. The van der Waals surface area contributed by atoms with Crippen LogP contribution in [0.1, 0.15) is 36.8 Å². The first kappa shape index (κ1) is 22.5. The maximum atomic E-state index is 12.9. The summed E-state index contributed by atoms with van der Waals surface area (Å²) in [4.78, 5) is 13.8. The van der Waals surface area contributed by atoms with Crippen molar-refractivity contribution >= 4 is 21.6 Å². The van der Waals surface area contributed by atoms with Gasteiger partial charge in [0.25, 0.3) is 5.91 Å². The van der Waals surface area contributed by atoms with E-state index in [2.05, 4.69) is 24.4 Å². The Bertz CT molecular complexity index is 950. The van der Waals surface area contributed by atoms with Crippen LogP contribution in [0.5, 0.6) is 0 Å². The van der Waals surface area contributed by atoms with Gasteiger partial charge in [0.05, 0.1) is 11.9 Å². The summed E-state index contributed by atoms with van der Waals surface area (Å²) in [5, 5.41) is 2.87. The number of nitrogens with zero attached hydrogens (tertiary/aromatic N) is 1. The minimum absolute atomic E-state index is 0.0933. The van der Waals surface area contributed by atoms with Crippen LogP contribution in [-0.2, 0) is 21.4 Å². The number of quaternary nitrogens is 1. The van der Waals surface area contributed by atoms with Crippen LogP contribution >= 0.6 is 0 Å². The second kappa shape index (κ2) is 10.2. The molecule has 0 aromatic heterocycles. The molecule has 0 aliphatic carbocycles. The molecule has 0 saturated carbocycles. The molecule has 1 aliphatic rings. The molecule has 2 aromatic carbocycles. The van der Waals surface area contributed by atoms with E-state index < -0.39 is 10.0 Å². The van der Waals surface area contributed by atoms with Crippen molar-refractivity contribution in [3.63, 3.8) is 0 Å². The lowest BCUT2D eigenvalue weighted by molar-refractivity contribution is -0.885. The highest BCUT2D eigenvalue weighted by atomic mass is 32.2. The molecule has 1 aliphatic heterocycles. The Kier molecular flexibility index (Phi) is 7.64. The second-order valence-corrected chi connectivity index (χ2v) is 10.1. The molecule has 0 spiro atoms. The van der Waals surface area contributed by atoms with Gasteiger partial charge in [-0.15, -0.1) is 0 Å². The van der Waals surface area contributed by atoms with Crippen LogP contribution in [0.4, 0.5) is 5.69 Å². The summed E-state index contributed by atoms with van der Waals surface area (Å²) in [6.45, 7) is 4.34. The zero-order valence-corrected chi connectivity index (χ0v) is 18.7. The molecule has 1 fully saturated rings. The van der Waals surface area contributed by atoms with Crippen molar-refractivity contribution in [2.45, 2.75) is 44.0 Å². The fraction of sp³-hybridized carbons (Fsp3) is 0.435. The first-order valence-corrected chi connectivity index (χ1v) is 12.1. The molecule has 2 N–H and O–H groups in total. The van der Waals surface area contributed by atoms with Crippen molar-refractivity contribution in [1.29, 1.82) is 0 Å². The van der Waals surface area contributed by atoms with Crippen LogP contribution in [0, 0.1) is 6.92 Å². The molecule has 1 heterocycles. The van der Waals surface area contributed by atoms with Crippen molar-refractivity contribution < 1.29 is 18.1 Å². The Labute approximate surface area is 179 Å². The third kappa shape index (κ3) is 5.90. The summed E-state index contributed by atoms with van der Waals surface area (Å²) in [5.74, 6) is -0.0933. The van der Waals surface area contributed by atoms with E-state index in [4.69, 9.17) is 0 Å². The minimum Gasteiger partial charge on any atom is -0.326 e. The van der Waals surface area contributed by atoms with Gasteiger partial charge in [0.1, 0.15) is 6.54 Å². The smallest absolute Gasteiger partial charge is 0.279 e. The van der Waals surface area contributed by atoms with Crippen LogP contribution in [0.2, 0.25) is 0 Å². The van der Waals surface area contributed by atoms with E-state index in [1.165, 1.54) is 11.1 Å². The molecule has 0 radical (unpaired) electrons. The molecule has 1 atom stereocenters. The van der Waals surface area contributed by atoms with Gasteiger partial charge in [0.2, 0.25) is 10.0 Å². The number of aryl methyl sites for hydroxylation is 1. The van der Waals surface area contributed by atoms with Gasteiger partial charge in [-0.2, -0.15) is 4.31 Å². The lowest BCUT2D eigenvalue weighted by Crippen LogP contribution is -3.08. The SMILES string of the molecule is Cc1ccccc1C[NH+](C)CC(=O)Nc1ccc(S(=O)(=O)N2CCCCCC2)cc1. The molecule has 1 unspecified atom stereocenters. The van der Waals surface area contributed by atoms with Crippen molar-refractivity contribution in [2.75, 3.05) is 32.0 Å². The first-order valence-electron chi connectivity index (χ1n) is 10.6. The number of sulfonamides is 1. The average Bonchev–Trinajstić information content (AvgIpc) is 3.00. The zero-order chi connectivity index (χ0) is 21.6. The standard InChI is InChI=1S/C23H31N3O3S/c1-19-9-5-6-10-20(19)17-25(2)18-23(27)24-21-11-13-22(14-12-21)30(28,29)26-15-7-3-4-8-16-26/h5-6,9-14H,3-4,7-8,15-18H2,1-2H3,(H,24,27)/p+1. The Morgan fingerprint density at radius 3 is 2.27 bits per heavy atom. The number of benzene rings is 2. The third-order valence-electron chi connectivity index (χ3n) is 5.56. The summed E-state index contributed by atoms with van der Waals surface area (Å²) in [6.07, 6.45) is 3.98. The topological polar surface area (TPSA) is 70.9 Å². The summed E-state index contributed by atoms with van der Waals surface area (Å²) in [6, 6.07) is 14.7. The van der Waals surface area contributed by atoms with E-state index in [1.807, 2.05) is 19.2 Å². The summed E-state index contributed by atoms with van der Waals surface area (Å²) < 4.78 is 27.3. The van der Waals surface area contributed by atoms with Gasteiger partial charge in [0.15, 0.2) is 6.54 Å². The number of carbonyl (C=O) groups is 1. The van der Waals surface area contributed by atoms with Gasteiger partial charge in [-0.3, -0.25) is 4.79 Å². The highest BCUT2D eigenvalue weighted by Crippen LogP contribution is 2.21. The number of hydrogen-bond donors (Lipinski definition) is 2. The molecule has 1 amide bonds. The molecule has 30 heavy (non-hydrogen) atoms. The van der Waals surface area contributed by atoms with E-state index in [-0.39, 0.29) is 10.8 Å². The Morgan fingerprint density at radius 2 is 1.63 bits per heavy atom. The lowest BCUT2D eigenvalue weighted by Gasteiger charge is -2.20. The van der Waals surface area contributed by atoms with Crippen molar-refractivity contribution in [2.24, 2.45) is 0 Å². The molecular weight excluding hydrogens is 398 g/mol. The Hall–Kier alpha value is -2.22. The number of likely N-dealkylation sites (N-methyl/N-ethyl adjacent to an activating group) is 1. The van der Waals surface area contributed by atoms with E-state index in [0.29, 0.717) is 25.3 Å². The largest absolute Gasteiger partial charge is 0.326 e. The van der Waals surface area contributed by atoms with Crippen LogP contribution in [-0.4, -0.2) is 45.3 Å². The monoisotopic (exact) mass is 430 g/mol. The van der Waals surface area contributed by atoms with Gasteiger partial charge in [-0.25, -0.2) is 8.42 Å². The molecule has 0 bridgehead atoms. The highest BCUT2D eigenvalue weighted by Gasteiger charge is 2.25. The van der Waals surface area contributed by atoms with Gasteiger partial charge >= 0.3 is 0 Å². The van der Waals surface area contributed by atoms with E-state index in [0.717, 1.165) is 37.1 Å². The summed E-state index contributed by atoms with van der Waals surface area (Å²) in [7, 11) is -1.48. The van der Waals surface area contributed by atoms with Crippen LogP contribution in [0.25, 0.3) is 0 Å². The zero-order valence-electron chi connectivity index (χ0n) is 17.9. The van der Waals surface area contributed by atoms with Crippen LogP contribution < -0.4 is 10.2 Å². The molecule has 3 rings (SSSR count). The quantitative estimate of drug-likeness (QED) is 0.708. The Balaban J connectivity index is 1.57. The highest BCUT2D eigenvalue weighted by molar-refractivity contribution is 7.89. The van der Waals surface area contributed by atoms with Crippen LogP contribution in [0.3, 0.4) is 0 Å². The minimum atomic E-state index is -3.47. The fourth-order valence-electron chi connectivity index (χ4n) is 3.82. The van der Waals surface area contributed by atoms with Gasteiger partial charge in [-0.1, -0.05) is 37.1 Å². The molecule has 1 saturated heterocycles. The fourth-order valence-corrected chi connectivity index (χ4v) is 5.33. The number of anilines is 1. The normalized spacial score (nSPS) is 16.6. The van der Waals surface area contributed by atoms with Gasteiger partial charge < -0.3 is 10.2 Å².